The van der Waals surface area contributed by atoms with E-state index in [9.17, 15) is 9.59 Å². The van der Waals surface area contributed by atoms with Crippen LogP contribution in [0.1, 0.15) is 24.2 Å². The summed E-state index contributed by atoms with van der Waals surface area (Å²) in [5, 5.41) is 6.87. The monoisotopic (exact) mass is 572 g/mol. The zero-order valence-electron chi connectivity index (χ0n) is 24.7. The highest BCUT2D eigenvalue weighted by Crippen LogP contribution is 2.38. The number of anilines is 4. The van der Waals surface area contributed by atoms with E-state index in [0.29, 0.717) is 40.6 Å². The van der Waals surface area contributed by atoms with Crippen molar-refractivity contribution < 1.29 is 19.1 Å². The van der Waals surface area contributed by atoms with Crippen LogP contribution in [-0.2, 0) is 9.53 Å². The van der Waals surface area contributed by atoms with Gasteiger partial charge in [-0.1, -0.05) is 6.58 Å². The molecule has 0 aliphatic carbocycles. The van der Waals surface area contributed by atoms with Gasteiger partial charge in [0.25, 0.3) is 0 Å². The fraction of sp³-hybridized carbons (Fsp3) is 0.300. The topological polar surface area (TPSA) is 138 Å². The standard InChI is InChI=1S/C30H36N8O4/c1-8-26(39)34-22-14-23(25(41-7)15-24(22)38(6)13-12-37(4)5)35-30-33-17-21(29(40)42-18(2)3)27(36-30)20-16-32-28-19(20)10-9-11-31-28/h8-11,14-18H,1,12-13H2,2-7H3,(H,31,32)(H,34,39)(H,33,35,36). The number of esters is 1. The Bertz CT molecular complexity index is 1600. The number of hydrogen-bond acceptors (Lipinski definition) is 10. The molecule has 0 fully saturated rings. The number of nitrogens with one attached hydrogen (secondary N) is 3. The Kier molecular flexibility index (Phi) is 9.38. The van der Waals surface area contributed by atoms with Crippen LogP contribution in [0, 0.1) is 0 Å². The average molecular weight is 573 g/mol. The molecule has 0 radical (unpaired) electrons. The zero-order valence-corrected chi connectivity index (χ0v) is 24.7. The Morgan fingerprint density at radius 2 is 1.93 bits per heavy atom. The summed E-state index contributed by atoms with van der Waals surface area (Å²) in [7, 11) is 7.49. The van der Waals surface area contributed by atoms with Crippen molar-refractivity contribution in [3.63, 3.8) is 0 Å². The minimum atomic E-state index is -0.540. The quantitative estimate of drug-likeness (QED) is 0.165. The Balaban J connectivity index is 1.79. The number of aromatic nitrogens is 4. The van der Waals surface area contributed by atoms with E-state index in [1.807, 2.05) is 44.2 Å². The molecule has 0 saturated heterocycles. The molecule has 42 heavy (non-hydrogen) atoms. The molecule has 4 rings (SSSR count). The lowest BCUT2D eigenvalue weighted by atomic mass is 10.1. The number of nitrogens with zero attached hydrogens (tertiary/aromatic N) is 5. The van der Waals surface area contributed by atoms with Crippen molar-refractivity contribution in [2.24, 2.45) is 0 Å². The van der Waals surface area contributed by atoms with Crippen LogP contribution in [0.2, 0.25) is 0 Å². The van der Waals surface area contributed by atoms with Crippen LogP contribution < -0.4 is 20.3 Å². The van der Waals surface area contributed by atoms with E-state index >= 15 is 0 Å². The zero-order chi connectivity index (χ0) is 30.4. The number of H-pyrrole nitrogens is 1. The Labute approximate surface area is 244 Å². The summed E-state index contributed by atoms with van der Waals surface area (Å²) >= 11 is 0. The second-order valence-corrected chi connectivity index (χ2v) is 10.1. The predicted octanol–water partition coefficient (Wildman–Crippen LogP) is 4.46. The third kappa shape index (κ3) is 6.84. The molecule has 0 saturated carbocycles. The molecule has 0 unspecified atom stereocenters. The van der Waals surface area contributed by atoms with Gasteiger partial charge in [0, 0.05) is 55.7 Å². The summed E-state index contributed by atoms with van der Waals surface area (Å²) in [5.74, 6) is -0.185. The smallest absolute Gasteiger partial charge is 0.342 e. The molecule has 220 valence electrons. The molecular weight excluding hydrogens is 536 g/mol. The lowest BCUT2D eigenvalue weighted by molar-refractivity contribution is -0.111. The molecule has 4 aromatic rings. The maximum atomic E-state index is 13.0. The fourth-order valence-electron chi connectivity index (χ4n) is 4.25. The van der Waals surface area contributed by atoms with Gasteiger partial charge in [-0.25, -0.2) is 19.7 Å². The minimum Gasteiger partial charge on any atom is -0.494 e. The number of methoxy groups -OCH3 is 1. The second kappa shape index (κ2) is 13.1. The minimum absolute atomic E-state index is 0.206. The number of benzene rings is 1. The van der Waals surface area contributed by atoms with Gasteiger partial charge >= 0.3 is 5.97 Å². The number of aromatic amines is 1. The van der Waals surface area contributed by atoms with Gasteiger partial charge in [0.2, 0.25) is 11.9 Å². The Morgan fingerprint density at radius 3 is 2.62 bits per heavy atom. The van der Waals surface area contributed by atoms with Crippen LogP contribution in [0.15, 0.2) is 55.5 Å². The van der Waals surface area contributed by atoms with E-state index in [1.54, 1.807) is 39.4 Å². The van der Waals surface area contributed by atoms with Crippen molar-refractivity contribution in [1.29, 1.82) is 0 Å². The number of hydrogen-bond donors (Lipinski definition) is 3. The van der Waals surface area contributed by atoms with Crippen molar-refractivity contribution in [3.05, 3.63) is 61.1 Å². The molecule has 3 aromatic heterocycles. The summed E-state index contributed by atoms with van der Waals surface area (Å²) in [6, 6.07) is 7.29. The van der Waals surface area contributed by atoms with Gasteiger partial charge in [-0.2, -0.15) is 0 Å². The first-order valence-corrected chi connectivity index (χ1v) is 13.4. The van der Waals surface area contributed by atoms with Gasteiger partial charge in [-0.05, 0) is 52.2 Å². The van der Waals surface area contributed by atoms with Crippen LogP contribution in [-0.4, -0.2) is 84.2 Å². The summed E-state index contributed by atoms with van der Waals surface area (Å²) in [5.41, 5.74) is 3.72. The number of pyridine rings is 1. The molecule has 3 N–H and O–H groups in total. The molecule has 1 aromatic carbocycles. The summed E-state index contributed by atoms with van der Waals surface area (Å²) in [6.07, 6.45) is 5.75. The lowest BCUT2D eigenvalue weighted by Gasteiger charge is -2.26. The molecule has 12 nitrogen and oxygen atoms in total. The number of fused-ring (bicyclic) bond motifs is 1. The van der Waals surface area contributed by atoms with Crippen LogP contribution in [0.4, 0.5) is 23.0 Å². The van der Waals surface area contributed by atoms with E-state index in [0.717, 1.165) is 17.6 Å². The van der Waals surface area contributed by atoms with E-state index < -0.39 is 5.97 Å². The summed E-state index contributed by atoms with van der Waals surface area (Å²) < 4.78 is 11.2. The van der Waals surface area contributed by atoms with Gasteiger partial charge in [0.05, 0.1) is 36.0 Å². The summed E-state index contributed by atoms with van der Waals surface area (Å²) in [4.78, 5) is 46.1. The van der Waals surface area contributed by atoms with Gasteiger partial charge in [-0.15, -0.1) is 0 Å². The second-order valence-electron chi connectivity index (χ2n) is 10.1. The van der Waals surface area contributed by atoms with E-state index in [-0.39, 0.29) is 23.5 Å². The first-order chi connectivity index (χ1) is 20.1. The van der Waals surface area contributed by atoms with Crippen LogP contribution in [0.3, 0.4) is 0 Å². The molecule has 0 aliphatic rings. The third-order valence-corrected chi connectivity index (χ3v) is 6.36. The van der Waals surface area contributed by atoms with E-state index in [4.69, 9.17) is 14.5 Å². The van der Waals surface area contributed by atoms with Crippen LogP contribution in [0.25, 0.3) is 22.3 Å². The predicted molar refractivity (Wildman–Crippen MR) is 165 cm³/mol. The number of rotatable bonds is 12. The van der Waals surface area contributed by atoms with Gasteiger partial charge in [-0.3, -0.25) is 4.79 Å². The van der Waals surface area contributed by atoms with Crippen molar-refractivity contribution in [3.8, 4) is 17.0 Å². The molecule has 3 heterocycles. The number of amides is 1. The molecule has 0 atom stereocenters. The van der Waals surface area contributed by atoms with E-state index in [2.05, 4.69) is 37.1 Å². The first kappa shape index (κ1) is 30.0. The van der Waals surface area contributed by atoms with Crippen molar-refractivity contribution in [2.75, 3.05) is 56.9 Å². The maximum absolute atomic E-state index is 13.0. The number of carbonyl (C=O) groups is 2. The average Bonchev–Trinajstić information content (AvgIpc) is 3.39. The highest BCUT2D eigenvalue weighted by molar-refractivity contribution is 6.03. The third-order valence-electron chi connectivity index (χ3n) is 6.36. The van der Waals surface area contributed by atoms with Crippen LogP contribution in [0.5, 0.6) is 5.75 Å². The molecule has 12 heteroatoms. The van der Waals surface area contributed by atoms with Gasteiger partial charge < -0.3 is 34.9 Å². The van der Waals surface area contributed by atoms with Crippen molar-refractivity contribution in [2.45, 2.75) is 20.0 Å². The highest BCUT2D eigenvalue weighted by atomic mass is 16.5. The van der Waals surface area contributed by atoms with E-state index in [1.165, 1.54) is 12.3 Å². The van der Waals surface area contributed by atoms with Crippen LogP contribution >= 0.6 is 0 Å². The molecule has 0 aliphatic heterocycles. The highest BCUT2D eigenvalue weighted by Gasteiger charge is 2.22. The Morgan fingerprint density at radius 1 is 1.14 bits per heavy atom. The SMILES string of the molecule is C=CC(=O)Nc1cc(Nc2ncc(C(=O)OC(C)C)c(-c3c[nH]c4ncccc34)n2)c(OC)cc1N(C)CCN(C)C. The fourth-order valence-corrected chi connectivity index (χ4v) is 4.25. The molecule has 0 spiro atoms. The Hall–Kier alpha value is -4.97. The van der Waals surface area contributed by atoms with Crippen molar-refractivity contribution in [1.82, 2.24) is 24.8 Å². The van der Waals surface area contributed by atoms with Gasteiger partial charge in [0.1, 0.15) is 17.0 Å². The molecule has 1 amide bonds. The normalized spacial score (nSPS) is 11.0. The summed E-state index contributed by atoms with van der Waals surface area (Å²) in [6.45, 7) is 8.64. The lowest BCUT2D eigenvalue weighted by Crippen LogP contribution is -2.29. The first-order valence-electron chi connectivity index (χ1n) is 13.4. The molecule has 0 bridgehead atoms. The number of ether oxygens (including phenoxy) is 2. The molecular formula is C30H36N8O4. The number of carbonyl (C=O) groups excluding carboxylic acids is 2. The number of likely N-dealkylation sites (N-methyl/N-ethyl adjacent to an activating group) is 2. The largest absolute Gasteiger partial charge is 0.494 e. The van der Waals surface area contributed by atoms with Gasteiger partial charge in [0.15, 0.2) is 0 Å². The maximum Gasteiger partial charge on any atom is 0.342 e. The van der Waals surface area contributed by atoms with Crippen molar-refractivity contribution >= 4 is 45.9 Å².